The molecule has 0 aliphatic carbocycles. The topological polar surface area (TPSA) is 165 Å². The van der Waals surface area contributed by atoms with Crippen LogP contribution in [0.3, 0.4) is 0 Å². The van der Waals surface area contributed by atoms with Crippen LogP contribution in [0.4, 0.5) is 16.2 Å². The second kappa shape index (κ2) is 7.86. The number of anilines is 1. The summed E-state index contributed by atoms with van der Waals surface area (Å²) in [6.07, 6.45) is 0. The van der Waals surface area contributed by atoms with Gasteiger partial charge in [-0.05, 0) is 37.6 Å². The fourth-order valence-corrected chi connectivity index (χ4v) is 3.31. The Hall–Kier alpha value is -4.28. The van der Waals surface area contributed by atoms with Crippen LogP contribution >= 0.6 is 0 Å². The van der Waals surface area contributed by atoms with E-state index in [0.29, 0.717) is 5.56 Å². The van der Waals surface area contributed by atoms with E-state index in [2.05, 4.69) is 10.6 Å². The van der Waals surface area contributed by atoms with Crippen LogP contribution in [0.15, 0.2) is 42.5 Å². The molecule has 1 aliphatic rings. The van der Waals surface area contributed by atoms with E-state index in [9.17, 15) is 29.3 Å². The van der Waals surface area contributed by atoms with Crippen molar-refractivity contribution in [3.63, 3.8) is 0 Å². The maximum atomic E-state index is 13.0. The van der Waals surface area contributed by atoms with Crippen molar-refractivity contribution in [3.8, 4) is 0 Å². The van der Waals surface area contributed by atoms with Crippen molar-refractivity contribution in [2.24, 2.45) is 5.73 Å². The highest BCUT2D eigenvalue weighted by Gasteiger charge is 2.49. The Morgan fingerprint density at radius 2 is 1.90 bits per heavy atom. The van der Waals surface area contributed by atoms with Crippen molar-refractivity contribution in [3.05, 3.63) is 69.3 Å². The van der Waals surface area contributed by atoms with Crippen LogP contribution in [0, 0.1) is 17.0 Å². The Bertz CT molecular complexity index is 1130. The normalized spacial score (nSPS) is 17.9. The lowest BCUT2D eigenvalue weighted by Gasteiger charge is -2.22. The number of carbonyl (C=O) groups excluding carboxylic acids is 4. The summed E-state index contributed by atoms with van der Waals surface area (Å²) in [7, 11) is 0. The fraction of sp³-hybridized carbons (Fsp3) is 0.200. The van der Waals surface area contributed by atoms with Crippen LogP contribution in [-0.4, -0.2) is 40.1 Å². The lowest BCUT2D eigenvalue weighted by molar-refractivity contribution is -0.385. The van der Waals surface area contributed by atoms with Crippen molar-refractivity contribution >= 4 is 35.1 Å². The molecule has 0 radical (unpaired) electrons. The molecule has 0 saturated carbocycles. The van der Waals surface area contributed by atoms with Crippen LogP contribution in [-0.2, 0) is 15.1 Å². The second-order valence-electron chi connectivity index (χ2n) is 7.15. The van der Waals surface area contributed by atoms with E-state index in [1.165, 1.54) is 50.2 Å². The van der Waals surface area contributed by atoms with Gasteiger partial charge in [-0.15, -0.1) is 0 Å². The summed E-state index contributed by atoms with van der Waals surface area (Å²) in [5, 5.41) is 16.1. The van der Waals surface area contributed by atoms with Crippen LogP contribution in [0.2, 0.25) is 0 Å². The molecular weight excluding hydrogens is 406 g/mol. The zero-order valence-electron chi connectivity index (χ0n) is 16.7. The number of urea groups is 1. The minimum Gasteiger partial charge on any atom is -0.366 e. The number of imide groups is 1. The number of hydrogen-bond donors (Lipinski definition) is 3. The first kappa shape index (κ1) is 21.4. The number of hydrogen-bond acceptors (Lipinski definition) is 6. The quantitative estimate of drug-likeness (QED) is 0.360. The highest BCUT2D eigenvalue weighted by atomic mass is 16.6. The van der Waals surface area contributed by atoms with Crippen LogP contribution < -0.4 is 16.4 Å². The Morgan fingerprint density at radius 1 is 1.23 bits per heavy atom. The molecule has 11 heteroatoms. The Balaban J connectivity index is 1.80. The van der Waals surface area contributed by atoms with E-state index in [1.54, 1.807) is 6.07 Å². The zero-order chi connectivity index (χ0) is 22.9. The van der Waals surface area contributed by atoms with Gasteiger partial charge in [0.15, 0.2) is 0 Å². The van der Waals surface area contributed by atoms with Gasteiger partial charge in [0.05, 0.1) is 16.2 Å². The number of nitro benzene ring substituents is 1. The van der Waals surface area contributed by atoms with Crippen molar-refractivity contribution in [1.82, 2.24) is 10.2 Å². The third-order valence-corrected chi connectivity index (χ3v) is 5.08. The summed E-state index contributed by atoms with van der Waals surface area (Å²) in [5.74, 6) is -2.09. The number of benzene rings is 2. The molecule has 1 saturated heterocycles. The number of nitrogens with two attached hydrogens (primary N) is 1. The average molecular weight is 425 g/mol. The summed E-state index contributed by atoms with van der Waals surface area (Å²) in [5.41, 5.74) is 4.55. The van der Waals surface area contributed by atoms with E-state index in [1.807, 2.05) is 0 Å². The molecule has 1 fully saturated rings. The molecule has 11 nitrogen and oxygen atoms in total. The van der Waals surface area contributed by atoms with Gasteiger partial charge >= 0.3 is 6.03 Å². The molecule has 2 aromatic rings. The van der Waals surface area contributed by atoms with Gasteiger partial charge in [-0.2, -0.15) is 0 Å². The summed E-state index contributed by atoms with van der Waals surface area (Å²) in [6.45, 7) is 2.33. The zero-order valence-corrected chi connectivity index (χ0v) is 16.7. The van der Waals surface area contributed by atoms with Gasteiger partial charge in [-0.1, -0.05) is 18.2 Å². The number of amides is 5. The van der Waals surface area contributed by atoms with Gasteiger partial charge < -0.3 is 16.4 Å². The Labute approximate surface area is 176 Å². The lowest BCUT2D eigenvalue weighted by atomic mass is 9.90. The van der Waals surface area contributed by atoms with Gasteiger partial charge in [0.2, 0.25) is 11.8 Å². The van der Waals surface area contributed by atoms with Gasteiger partial charge in [0.1, 0.15) is 12.1 Å². The number of nitrogens with one attached hydrogen (secondary N) is 2. The van der Waals surface area contributed by atoms with Crippen molar-refractivity contribution < 1.29 is 24.1 Å². The highest BCUT2D eigenvalue weighted by Crippen LogP contribution is 2.30. The molecule has 1 atom stereocenters. The summed E-state index contributed by atoms with van der Waals surface area (Å²) in [4.78, 5) is 60.5. The molecule has 1 unspecified atom stereocenters. The molecule has 31 heavy (non-hydrogen) atoms. The monoisotopic (exact) mass is 425 g/mol. The number of carbonyl (C=O) groups is 4. The second-order valence-corrected chi connectivity index (χ2v) is 7.15. The van der Waals surface area contributed by atoms with E-state index < -0.39 is 40.8 Å². The molecule has 0 bridgehead atoms. The van der Waals surface area contributed by atoms with E-state index in [4.69, 9.17) is 5.73 Å². The standard InChI is InChI=1S/C20H19N5O6/c1-11-14(7-4-8-15(11)25(30)31)22-16(26)10-24-18(28)20(2,23-19(24)29)13-6-3-5-12(9-13)17(21)27/h3-9H,10H2,1-2H3,(H2,21,27)(H,22,26)(H,23,29). The summed E-state index contributed by atoms with van der Waals surface area (Å²) in [6, 6.07) is 9.36. The summed E-state index contributed by atoms with van der Waals surface area (Å²) >= 11 is 0. The first-order valence-corrected chi connectivity index (χ1v) is 9.13. The predicted molar refractivity (Wildman–Crippen MR) is 109 cm³/mol. The van der Waals surface area contributed by atoms with Gasteiger partial charge in [-0.3, -0.25) is 29.4 Å². The third-order valence-electron chi connectivity index (χ3n) is 5.08. The minimum absolute atomic E-state index is 0.165. The van der Waals surface area contributed by atoms with Gasteiger partial charge in [0, 0.05) is 11.6 Å². The number of rotatable bonds is 6. The smallest absolute Gasteiger partial charge is 0.325 e. The number of nitro groups is 1. The first-order valence-electron chi connectivity index (χ1n) is 9.13. The predicted octanol–water partition coefficient (Wildman–Crippen LogP) is 1.41. The molecule has 160 valence electrons. The van der Waals surface area contributed by atoms with Crippen molar-refractivity contribution in [2.45, 2.75) is 19.4 Å². The maximum absolute atomic E-state index is 13.0. The van der Waals surface area contributed by atoms with Crippen LogP contribution in [0.25, 0.3) is 0 Å². The van der Waals surface area contributed by atoms with Gasteiger partial charge in [-0.25, -0.2) is 4.79 Å². The maximum Gasteiger partial charge on any atom is 0.325 e. The molecule has 0 spiro atoms. The lowest BCUT2D eigenvalue weighted by Crippen LogP contribution is -2.42. The van der Waals surface area contributed by atoms with Gasteiger partial charge in [0.25, 0.3) is 11.6 Å². The average Bonchev–Trinajstić information content (AvgIpc) is 2.93. The molecule has 0 aromatic heterocycles. The third kappa shape index (κ3) is 3.92. The SMILES string of the molecule is Cc1c(NC(=O)CN2C(=O)NC(C)(c3cccc(C(N)=O)c3)C2=O)cccc1[N+](=O)[O-]. The largest absolute Gasteiger partial charge is 0.366 e. The Kier molecular flexibility index (Phi) is 5.43. The molecule has 1 aliphatic heterocycles. The highest BCUT2D eigenvalue weighted by molar-refractivity contribution is 6.10. The molecule has 5 amide bonds. The number of nitrogens with zero attached hydrogens (tertiary/aromatic N) is 2. The van der Waals surface area contributed by atoms with Crippen molar-refractivity contribution in [2.75, 3.05) is 11.9 Å². The van der Waals surface area contributed by atoms with E-state index in [0.717, 1.165) is 4.90 Å². The molecule has 2 aromatic carbocycles. The molecule has 4 N–H and O–H groups in total. The molecular formula is C20H19N5O6. The van der Waals surface area contributed by atoms with Crippen LogP contribution in [0.5, 0.6) is 0 Å². The van der Waals surface area contributed by atoms with Crippen molar-refractivity contribution in [1.29, 1.82) is 0 Å². The molecule has 3 rings (SSSR count). The van der Waals surface area contributed by atoms with E-state index >= 15 is 0 Å². The Morgan fingerprint density at radius 3 is 2.55 bits per heavy atom. The minimum atomic E-state index is -1.50. The summed E-state index contributed by atoms with van der Waals surface area (Å²) < 4.78 is 0. The molecule has 1 heterocycles. The number of primary amides is 1. The van der Waals surface area contributed by atoms with Crippen LogP contribution in [0.1, 0.15) is 28.4 Å². The van der Waals surface area contributed by atoms with E-state index in [-0.39, 0.29) is 22.5 Å². The first-order chi connectivity index (χ1) is 14.5. The fourth-order valence-electron chi connectivity index (χ4n) is 3.31.